The van der Waals surface area contributed by atoms with Gasteiger partial charge in [0.15, 0.2) is 0 Å². The highest BCUT2D eigenvalue weighted by Crippen LogP contribution is 2.39. The van der Waals surface area contributed by atoms with Crippen LogP contribution in [0.1, 0.15) is 60.1 Å². The van der Waals surface area contributed by atoms with Gasteiger partial charge in [-0.3, -0.25) is 14.6 Å². The molecular weight excluding hydrogens is 471 g/mol. The monoisotopic (exact) mass is 502 g/mol. The van der Waals surface area contributed by atoms with Gasteiger partial charge in [-0.2, -0.15) is 0 Å². The van der Waals surface area contributed by atoms with Crippen LogP contribution in [0.25, 0.3) is 11.1 Å². The molecule has 1 aliphatic carbocycles. The van der Waals surface area contributed by atoms with E-state index >= 15 is 0 Å². The zero-order valence-electron chi connectivity index (χ0n) is 21.0. The molecule has 1 N–H and O–H groups in total. The molecule has 0 saturated carbocycles. The minimum absolute atomic E-state index is 0.0500. The Morgan fingerprint density at radius 2 is 2.00 bits per heavy atom. The van der Waals surface area contributed by atoms with Gasteiger partial charge >= 0.3 is 5.97 Å². The Morgan fingerprint density at radius 1 is 1.14 bits per heavy atom. The average molecular weight is 503 g/mol. The van der Waals surface area contributed by atoms with E-state index in [2.05, 4.69) is 11.1 Å². The lowest BCUT2D eigenvalue weighted by Crippen LogP contribution is -2.37. The number of hydrogen-bond donors (Lipinski definition) is 1. The fraction of sp³-hybridized carbons (Fsp3) is 0.367. The van der Waals surface area contributed by atoms with E-state index < -0.39 is 5.97 Å². The zero-order valence-corrected chi connectivity index (χ0v) is 21.0. The van der Waals surface area contributed by atoms with Crippen LogP contribution in [0.3, 0.4) is 0 Å². The molecule has 1 amide bonds. The van der Waals surface area contributed by atoms with Gasteiger partial charge in [0.25, 0.3) is 0 Å². The number of carboxylic acids is 1. The predicted molar refractivity (Wildman–Crippen MR) is 138 cm³/mol. The van der Waals surface area contributed by atoms with E-state index in [1.165, 1.54) is 11.6 Å². The lowest BCUT2D eigenvalue weighted by Gasteiger charge is -2.33. The summed E-state index contributed by atoms with van der Waals surface area (Å²) in [6.45, 7) is 3.09. The molecule has 192 valence electrons. The minimum atomic E-state index is -0.924. The lowest BCUT2D eigenvalue weighted by atomic mass is 9.84. The number of carbonyl (C=O) groups is 2. The smallest absolute Gasteiger partial charge is 0.307 e. The number of rotatable bonds is 7. The Kier molecular flexibility index (Phi) is 7.22. The Labute approximate surface area is 216 Å². The second-order valence-corrected chi connectivity index (χ2v) is 9.79. The van der Waals surface area contributed by atoms with Crippen molar-refractivity contribution in [3.05, 3.63) is 82.4 Å². The van der Waals surface area contributed by atoms with E-state index in [0.29, 0.717) is 49.4 Å². The summed E-state index contributed by atoms with van der Waals surface area (Å²) < 4.78 is 20.8. The molecule has 2 aliphatic rings. The standard InChI is InChI=1S/C30H31FN2O4/c1-2-37-27-11-8-19(16-29(35)36)15-24(27)22-9-10-26(31)23-12-14-33(18-25(22)23)28(34)17-21-6-3-5-20-7-4-13-32-30(20)21/h4,7-11,13,15,21H,2-3,5-6,12,14,16-18H2,1H3,(H,35,36). The largest absolute Gasteiger partial charge is 0.493 e. The van der Waals surface area contributed by atoms with Crippen LogP contribution in [-0.2, 0) is 35.4 Å². The number of aromatic nitrogens is 1. The van der Waals surface area contributed by atoms with Crippen molar-refractivity contribution in [3.8, 4) is 16.9 Å². The Hall–Kier alpha value is -3.74. The molecule has 0 fully saturated rings. The number of halogens is 1. The maximum atomic E-state index is 14.9. The maximum Gasteiger partial charge on any atom is 0.307 e. The Balaban J connectivity index is 1.45. The van der Waals surface area contributed by atoms with Gasteiger partial charge < -0.3 is 14.7 Å². The van der Waals surface area contributed by atoms with Crippen LogP contribution in [-0.4, -0.2) is 40.0 Å². The number of fused-ring (bicyclic) bond motifs is 2. The Bertz CT molecular complexity index is 1340. The fourth-order valence-electron chi connectivity index (χ4n) is 5.69. The molecule has 1 unspecified atom stereocenters. The summed E-state index contributed by atoms with van der Waals surface area (Å²) in [4.78, 5) is 31.2. The van der Waals surface area contributed by atoms with Crippen molar-refractivity contribution in [2.45, 2.75) is 57.9 Å². The molecule has 2 aromatic carbocycles. The van der Waals surface area contributed by atoms with Crippen LogP contribution in [0, 0.1) is 5.82 Å². The summed E-state index contributed by atoms with van der Waals surface area (Å²) in [5.74, 6) is -0.446. The highest BCUT2D eigenvalue weighted by Gasteiger charge is 2.30. The van der Waals surface area contributed by atoms with Crippen molar-refractivity contribution >= 4 is 11.9 Å². The quantitative estimate of drug-likeness (QED) is 0.474. The summed E-state index contributed by atoms with van der Waals surface area (Å²) in [6.07, 6.45) is 5.47. The normalized spacial score (nSPS) is 16.6. The molecule has 3 aromatic rings. The van der Waals surface area contributed by atoms with Crippen molar-refractivity contribution in [2.24, 2.45) is 0 Å². The number of carbonyl (C=O) groups excluding carboxylic acids is 1. The first-order chi connectivity index (χ1) is 17.9. The average Bonchev–Trinajstić information content (AvgIpc) is 2.90. The van der Waals surface area contributed by atoms with E-state index in [1.54, 1.807) is 30.5 Å². The second-order valence-electron chi connectivity index (χ2n) is 9.79. The van der Waals surface area contributed by atoms with Crippen molar-refractivity contribution in [2.75, 3.05) is 13.2 Å². The summed E-state index contributed by atoms with van der Waals surface area (Å²) in [5, 5.41) is 9.29. The second kappa shape index (κ2) is 10.7. The first-order valence-electron chi connectivity index (χ1n) is 12.9. The van der Waals surface area contributed by atoms with Gasteiger partial charge in [0.1, 0.15) is 11.6 Å². The number of ether oxygens (including phenoxy) is 1. The van der Waals surface area contributed by atoms with Crippen LogP contribution >= 0.6 is 0 Å². The molecule has 1 aliphatic heterocycles. The summed E-state index contributed by atoms with van der Waals surface area (Å²) in [6, 6.07) is 12.5. The van der Waals surface area contributed by atoms with Gasteiger partial charge in [-0.1, -0.05) is 18.2 Å². The van der Waals surface area contributed by atoms with Gasteiger partial charge in [-0.25, -0.2) is 4.39 Å². The van der Waals surface area contributed by atoms with Crippen molar-refractivity contribution < 1.29 is 23.8 Å². The van der Waals surface area contributed by atoms with Gasteiger partial charge in [-0.15, -0.1) is 0 Å². The highest BCUT2D eigenvalue weighted by molar-refractivity contribution is 5.80. The predicted octanol–water partition coefficient (Wildman–Crippen LogP) is 5.31. The Morgan fingerprint density at radius 3 is 2.81 bits per heavy atom. The topological polar surface area (TPSA) is 79.7 Å². The van der Waals surface area contributed by atoms with Gasteiger partial charge in [0.05, 0.1) is 13.0 Å². The number of nitrogens with zero attached hydrogens (tertiary/aromatic N) is 2. The van der Waals surface area contributed by atoms with Crippen LogP contribution in [0.15, 0.2) is 48.7 Å². The van der Waals surface area contributed by atoms with Gasteiger partial charge in [0.2, 0.25) is 5.91 Å². The number of amides is 1. The number of aryl methyl sites for hydroxylation is 1. The van der Waals surface area contributed by atoms with Gasteiger partial charge in [-0.05, 0) is 84.7 Å². The fourth-order valence-corrected chi connectivity index (χ4v) is 5.69. The molecular formula is C30H31FN2O4. The summed E-state index contributed by atoms with van der Waals surface area (Å²) >= 11 is 0. The van der Waals surface area contributed by atoms with Crippen molar-refractivity contribution in [1.29, 1.82) is 0 Å². The molecule has 1 atom stereocenters. The number of pyridine rings is 1. The van der Waals surface area contributed by atoms with E-state index in [1.807, 2.05) is 17.9 Å². The van der Waals surface area contributed by atoms with Crippen LogP contribution in [0.5, 0.6) is 5.75 Å². The molecule has 1 aromatic heterocycles. The molecule has 37 heavy (non-hydrogen) atoms. The SMILES string of the molecule is CCOc1ccc(CC(=O)O)cc1-c1ccc(F)c2c1CN(C(=O)CC1CCCc3cccnc31)CC2. The third kappa shape index (κ3) is 5.22. The summed E-state index contributed by atoms with van der Waals surface area (Å²) in [5.41, 5.74) is 5.75. The van der Waals surface area contributed by atoms with E-state index in [0.717, 1.165) is 41.6 Å². The third-order valence-corrected chi connectivity index (χ3v) is 7.43. The number of hydrogen-bond acceptors (Lipinski definition) is 4. The van der Waals surface area contributed by atoms with Crippen molar-refractivity contribution in [1.82, 2.24) is 9.88 Å². The van der Waals surface area contributed by atoms with Gasteiger partial charge in [0, 0.05) is 42.9 Å². The summed E-state index contributed by atoms with van der Waals surface area (Å²) in [7, 11) is 0. The molecule has 0 saturated heterocycles. The molecule has 5 rings (SSSR count). The van der Waals surface area contributed by atoms with Crippen LogP contribution in [0.4, 0.5) is 4.39 Å². The first-order valence-corrected chi connectivity index (χ1v) is 12.9. The molecule has 7 heteroatoms. The third-order valence-electron chi connectivity index (χ3n) is 7.43. The van der Waals surface area contributed by atoms with Crippen LogP contribution < -0.4 is 4.74 Å². The van der Waals surface area contributed by atoms with E-state index in [9.17, 15) is 19.1 Å². The molecule has 6 nitrogen and oxygen atoms in total. The zero-order chi connectivity index (χ0) is 25.9. The molecule has 2 heterocycles. The van der Waals surface area contributed by atoms with Crippen molar-refractivity contribution in [3.63, 3.8) is 0 Å². The molecule has 0 radical (unpaired) electrons. The lowest BCUT2D eigenvalue weighted by molar-refractivity contribution is -0.136. The molecule has 0 bridgehead atoms. The number of aliphatic carboxylic acids is 1. The van der Waals surface area contributed by atoms with E-state index in [4.69, 9.17) is 4.74 Å². The van der Waals surface area contributed by atoms with Crippen LogP contribution in [0.2, 0.25) is 0 Å². The minimum Gasteiger partial charge on any atom is -0.493 e. The number of carboxylic acid groups (broad SMARTS) is 1. The maximum absolute atomic E-state index is 14.9. The van der Waals surface area contributed by atoms with E-state index in [-0.39, 0.29) is 24.1 Å². The number of benzene rings is 2. The highest BCUT2D eigenvalue weighted by atomic mass is 19.1. The molecule has 0 spiro atoms. The first kappa shape index (κ1) is 24.9.